The Labute approximate surface area is 102 Å². The predicted molar refractivity (Wildman–Crippen MR) is 60.5 cm³/mol. The van der Waals surface area contributed by atoms with Gasteiger partial charge >= 0.3 is 0 Å². The highest BCUT2D eigenvalue weighted by Gasteiger charge is 2.07. The number of rotatable bonds is 4. The third-order valence-electron chi connectivity index (χ3n) is 2.05. The van der Waals surface area contributed by atoms with Crippen molar-refractivity contribution in [3.8, 4) is 6.07 Å². The number of aromatic nitrogens is 3. The van der Waals surface area contributed by atoms with Gasteiger partial charge in [0.15, 0.2) is 6.33 Å². The summed E-state index contributed by atoms with van der Waals surface area (Å²) in [5.41, 5.74) is 0.391. The molecule has 0 atom stereocenters. The van der Waals surface area contributed by atoms with Gasteiger partial charge in [-0.3, -0.25) is 0 Å². The number of pyridine rings is 1. The summed E-state index contributed by atoms with van der Waals surface area (Å²) in [6, 6.07) is 3.55. The molecule has 0 saturated carbocycles. The molecule has 6 nitrogen and oxygen atoms in total. The molecular formula is C10H8ClN5O. The van der Waals surface area contributed by atoms with Crippen molar-refractivity contribution in [2.24, 2.45) is 0 Å². The van der Waals surface area contributed by atoms with E-state index in [1.165, 1.54) is 12.5 Å². The summed E-state index contributed by atoms with van der Waals surface area (Å²) in [5, 5.41) is 15.6. The molecule has 0 saturated heterocycles. The van der Waals surface area contributed by atoms with Gasteiger partial charge in [-0.1, -0.05) is 16.8 Å². The summed E-state index contributed by atoms with van der Waals surface area (Å²) in [6.45, 7) is 0.545. The van der Waals surface area contributed by atoms with Gasteiger partial charge in [-0.2, -0.15) is 10.2 Å². The van der Waals surface area contributed by atoms with E-state index >= 15 is 0 Å². The van der Waals surface area contributed by atoms with E-state index in [-0.39, 0.29) is 0 Å². The molecule has 0 aliphatic rings. The van der Waals surface area contributed by atoms with Gasteiger partial charge in [0, 0.05) is 19.2 Å². The molecule has 0 bridgehead atoms. The maximum absolute atomic E-state index is 8.80. The monoisotopic (exact) mass is 249 g/mol. The number of hydrogen-bond donors (Lipinski definition) is 1. The van der Waals surface area contributed by atoms with Crippen LogP contribution >= 0.6 is 11.6 Å². The first-order chi connectivity index (χ1) is 8.31. The van der Waals surface area contributed by atoms with E-state index in [4.69, 9.17) is 21.4 Å². The van der Waals surface area contributed by atoms with Gasteiger partial charge in [0.2, 0.25) is 5.89 Å². The van der Waals surface area contributed by atoms with Crippen LogP contribution in [0, 0.1) is 11.3 Å². The van der Waals surface area contributed by atoms with E-state index in [0.29, 0.717) is 35.3 Å². The van der Waals surface area contributed by atoms with Gasteiger partial charge < -0.3 is 9.84 Å². The quantitative estimate of drug-likeness (QED) is 0.886. The molecule has 2 heterocycles. The second kappa shape index (κ2) is 5.27. The maximum atomic E-state index is 8.80. The van der Waals surface area contributed by atoms with Gasteiger partial charge in [-0.15, -0.1) is 0 Å². The molecule has 86 valence electrons. The van der Waals surface area contributed by atoms with E-state index in [9.17, 15) is 0 Å². The zero-order chi connectivity index (χ0) is 12.1. The molecule has 0 radical (unpaired) electrons. The molecule has 0 fully saturated rings. The first kappa shape index (κ1) is 11.4. The van der Waals surface area contributed by atoms with Crippen molar-refractivity contribution in [3.63, 3.8) is 0 Å². The predicted octanol–water partition coefficient (Wildman–Crippen LogP) is 1.64. The SMILES string of the molecule is N#Cc1ccnc(NCCc2ncno2)c1Cl. The molecular weight excluding hydrogens is 242 g/mol. The number of anilines is 1. The van der Waals surface area contributed by atoms with Crippen molar-refractivity contribution in [1.82, 2.24) is 15.1 Å². The fourth-order valence-electron chi connectivity index (χ4n) is 1.25. The van der Waals surface area contributed by atoms with Crippen molar-refractivity contribution in [3.05, 3.63) is 35.1 Å². The Morgan fingerprint density at radius 1 is 1.47 bits per heavy atom. The average molecular weight is 250 g/mol. The zero-order valence-electron chi connectivity index (χ0n) is 8.72. The lowest BCUT2D eigenvalue weighted by Crippen LogP contribution is -2.07. The molecule has 2 aromatic heterocycles. The lowest BCUT2D eigenvalue weighted by atomic mass is 10.3. The smallest absolute Gasteiger partial charge is 0.228 e. The van der Waals surface area contributed by atoms with Crippen LogP contribution in [0.3, 0.4) is 0 Å². The Balaban J connectivity index is 1.98. The Hall–Kier alpha value is -2.13. The summed E-state index contributed by atoms with van der Waals surface area (Å²) in [4.78, 5) is 7.92. The first-order valence-electron chi connectivity index (χ1n) is 4.85. The number of nitrogens with one attached hydrogen (secondary N) is 1. The van der Waals surface area contributed by atoms with Crippen LogP contribution in [-0.2, 0) is 6.42 Å². The maximum Gasteiger partial charge on any atom is 0.228 e. The fourth-order valence-corrected chi connectivity index (χ4v) is 1.47. The topological polar surface area (TPSA) is 87.6 Å². The summed E-state index contributed by atoms with van der Waals surface area (Å²) in [6.07, 6.45) is 3.44. The van der Waals surface area contributed by atoms with Crippen molar-refractivity contribution in [1.29, 1.82) is 5.26 Å². The Bertz CT molecular complexity index is 534. The number of nitrogens with zero attached hydrogens (tertiary/aromatic N) is 4. The van der Waals surface area contributed by atoms with Gasteiger partial charge in [0.1, 0.15) is 16.9 Å². The van der Waals surface area contributed by atoms with Crippen LogP contribution in [-0.4, -0.2) is 21.7 Å². The van der Waals surface area contributed by atoms with Crippen LogP contribution in [0.5, 0.6) is 0 Å². The van der Waals surface area contributed by atoms with Gasteiger partial charge in [-0.25, -0.2) is 4.98 Å². The lowest BCUT2D eigenvalue weighted by molar-refractivity contribution is 0.379. The standard InChI is InChI=1S/C10H8ClN5O/c11-9-7(5-12)1-3-13-10(9)14-4-2-8-15-6-16-17-8/h1,3,6H,2,4H2,(H,13,14). The van der Waals surface area contributed by atoms with Crippen LogP contribution in [0.1, 0.15) is 11.5 Å². The lowest BCUT2D eigenvalue weighted by Gasteiger charge is -2.06. The van der Waals surface area contributed by atoms with Crippen LogP contribution in [0.15, 0.2) is 23.1 Å². The van der Waals surface area contributed by atoms with E-state index in [2.05, 4.69) is 20.4 Å². The molecule has 0 unspecified atom stereocenters. The highest BCUT2D eigenvalue weighted by atomic mass is 35.5. The first-order valence-corrected chi connectivity index (χ1v) is 5.23. The minimum absolute atomic E-state index is 0.320. The number of nitriles is 1. The number of hydrogen-bond acceptors (Lipinski definition) is 6. The van der Waals surface area contributed by atoms with Gasteiger partial charge in [0.25, 0.3) is 0 Å². The minimum Gasteiger partial charge on any atom is -0.368 e. The van der Waals surface area contributed by atoms with Gasteiger partial charge in [-0.05, 0) is 6.07 Å². The fraction of sp³-hybridized carbons (Fsp3) is 0.200. The third-order valence-corrected chi connectivity index (χ3v) is 2.43. The highest BCUT2D eigenvalue weighted by Crippen LogP contribution is 2.22. The van der Waals surface area contributed by atoms with Crippen molar-refractivity contribution in [2.75, 3.05) is 11.9 Å². The van der Waals surface area contributed by atoms with E-state index in [0.717, 1.165) is 0 Å². The van der Waals surface area contributed by atoms with Crippen LogP contribution in [0.2, 0.25) is 5.02 Å². The zero-order valence-corrected chi connectivity index (χ0v) is 9.48. The summed E-state index contributed by atoms with van der Waals surface area (Å²) < 4.78 is 4.84. The van der Waals surface area contributed by atoms with Crippen LogP contribution < -0.4 is 5.32 Å². The van der Waals surface area contributed by atoms with E-state index < -0.39 is 0 Å². The highest BCUT2D eigenvalue weighted by molar-refractivity contribution is 6.34. The molecule has 1 N–H and O–H groups in total. The molecule has 0 aliphatic carbocycles. The Morgan fingerprint density at radius 2 is 2.35 bits per heavy atom. The normalized spacial score (nSPS) is 9.88. The van der Waals surface area contributed by atoms with Crippen molar-refractivity contribution < 1.29 is 4.52 Å². The molecule has 0 amide bonds. The van der Waals surface area contributed by atoms with Crippen molar-refractivity contribution >= 4 is 17.4 Å². The molecule has 0 aromatic carbocycles. The van der Waals surface area contributed by atoms with E-state index in [1.54, 1.807) is 6.07 Å². The minimum atomic E-state index is 0.320. The molecule has 7 heteroatoms. The number of halogens is 1. The third kappa shape index (κ3) is 2.71. The Kier molecular flexibility index (Phi) is 3.52. The molecule has 0 aliphatic heterocycles. The second-order valence-electron chi connectivity index (χ2n) is 3.14. The largest absolute Gasteiger partial charge is 0.368 e. The average Bonchev–Trinajstić information content (AvgIpc) is 2.84. The molecule has 17 heavy (non-hydrogen) atoms. The van der Waals surface area contributed by atoms with Crippen molar-refractivity contribution in [2.45, 2.75) is 6.42 Å². The van der Waals surface area contributed by atoms with Gasteiger partial charge in [0.05, 0.1) is 5.56 Å². The van der Waals surface area contributed by atoms with Crippen LogP contribution in [0.4, 0.5) is 5.82 Å². The van der Waals surface area contributed by atoms with Crippen LogP contribution in [0.25, 0.3) is 0 Å². The van der Waals surface area contributed by atoms with E-state index in [1.807, 2.05) is 6.07 Å². The Morgan fingerprint density at radius 3 is 3.06 bits per heavy atom. The second-order valence-corrected chi connectivity index (χ2v) is 3.52. The molecule has 2 rings (SSSR count). The molecule has 0 spiro atoms. The summed E-state index contributed by atoms with van der Waals surface area (Å²) >= 11 is 5.97. The molecule has 2 aromatic rings. The summed E-state index contributed by atoms with van der Waals surface area (Å²) in [5.74, 6) is 1.01. The summed E-state index contributed by atoms with van der Waals surface area (Å²) in [7, 11) is 0.